The Morgan fingerprint density at radius 2 is 1.88 bits per heavy atom. The molecule has 1 aromatic carbocycles. The van der Waals surface area contributed by atoms with E-state index in [1.807, 2.05) is 6.92 Å². The van der Waals surface area contributed by atoms with Crippen LogP contribution in [0.3, 0.4) is 0 Å². The molecule has 3 aromatic rings. The third kappa shape index (κ3) is 3.28. The Hall–Kier alpha value is -3.59. The predicted molar refractivity (Wildman–Crippen MR) is 95.6 cm³/mol. The molecule has 0 saturated heterocycles. The summed E-state index contributed by atoms with van der Waals surface area (Å²) in [6, 6.07) is 12.6. The Labute approximate surface area is 150 Å². The largest absolute Gasteiger partial charge is 0.465 e. The van der Waals surface area contributed by atoms with Gasteiger partial charge in [-0.05, 0) is 38.1 Å². The number of aliphatic imine (C=N–C) groups is 1. The molecule has 6 nitrogen and oxygen atoms in total. The lowest BCUT2D eigenvalue weighted by atomic mass is 10.1. The van der Waals surface area contributed by atoms with Crippen LogP contribution < -0.4 is 0 Å². The van der Waals surface area contributed by atoms with Crippen LogP contribution in [-0.4, -0.2) is 19.3 Å². The smallest absolute Gasteiger partial charge is 0.337 e. The number of hydrogen-bond donors (Lipinski definition) is 0. The SMILES string of the molecule is COC(=O)c1ccc(-c2ccc(C=Nc3oc(C)c(C)c3C#N)o2)cc1. The number of esters is 1. The van der Waals surface area contributed by atoms with E-state index in [1.165, 1.54) is 13.3 Å². The van der Waals surface area contributed by atoms with Crippen molar-refractivity contribution in [2.75, 3.05) is 7.11 Å². The van der Waals surface area contributed by atoms with E-state index in [-0.39, 0.29) is 11.9 Å². The summed E-state index contributed by atoms with van der Waals surface area (Å²) in [5.41, 5.74) is 2.49. The van der Waals surface area contributed by atoms with Gasteiger partial charge in [-0.25, -0.2) is 9.79 Å². The van der Waals surface area contributed by atoms with Gasteiger partial charge in [0.2, 0.25) is 5.88 Å². The van der Waals surface area contributed by atoms with E-state index in [1.54, 1.807) is 43.3 Å². The Balaban J connectivity index is 1.81. The van der Waals surface area contributed by atoms with E-state index in [4.69, 9.17) is 8.83 Å². The zero-order valence-electron chi connectivity index (χ0n) is 14.6. The number of nitrogens with zero attached hydrogens (tertiary/aromatic N) is 2. The molecular weight excluding hydrogens is 332 g/mol. The second-order valence-corrected chi connectivity index (χ2v) is 5.60. The second-order valence-electron chi connectivity index (χ2n) is 5.60. The fourth-order valence-corrected chi connectivity index (χ4v) is 2.42. The number of rotatable bonds is 4. The zero-order valence-corrected chi connectivity index (χ0v) is 14.6. The van der Waals surface area contributed by atoms with Crippen LogP contribution in [-0.2, 0) is 4.74 Å². The van der Waals surface area contributed by atoms with Gasteiger partial charge in [0.15, 0.2) is 0 Å². The van der Waals surface area contributed by atoms with Gasteiger partial charge in [-0.2, -0.15) is 5.26 Å². The highest BCUT2D eigenvalue weighted by Gasteiger charge is 2.13. The van der Waals surface area contributed by atoms with Gasteiger partial charge in [-0.1, -0.05) is 12.1 Å². The highest BCUT2D eigenvalue weighted by atomic mass is 16.5. The minimum Gasteiger partial charge on any atom is -0.465 e. The standard InChI is InChI=1S/C20H16N2O4/c1-12-13(2)25-19(17(12)10-21)22-11-16-8-9-18(26-16)14-4-6-15(7-5-14)20(23)24-3/h4-9,11H,1-3H3. The monoisotopic (exact) mass is 348 g/mol. The van der Waals surface area contributed by atoms with E-state index in [2.05, 4.69) is 15.8 Å². The molecule has 0 aliphatic carbocycles. The number of furan rings is 2. The summed E-state index contributed by atoms with van der Waals surface area (Å²) in [5.74, 6) is 1.70. The molecule has 26 heavy (non-hydrogen) atoms. The molecule has 0 radical (unpaired) electrons. The van der Waals surface area contributed by atoms with E-state index >= 15 is 0 Å². The van der Waals surface area contributed by atoms with Crippen LogP contribution in [0.15, 0.2) is 50.2 Å². The summed E-state index contributed by atoms with van der Waals surface area (Å²) in [6.07, 6.45) is 1.50. The fourth-order valence-electron chi connectivity index (χ4n) is 2.42. The number of carbonyl (C=O) groups is 1. The molecule has 0 aliphatic heterocycles. The first-order valence-corrected chi connectivity index (χ1v) is 7.86. The Kier molecular flexibility index (Phi) is 4.72. The maximum absolute atomic E-state index is 11.5. The first kappa shape index (κ1) is 17.2. The van der Waals surface area contributed by atoms with Gasteiger partial charge in [0.1, 0.15) is 28.9 Å². The van der Waals surface area contributed by atoms with Gasteiger partial charge in [-0.3, -0.25) is 0 Å². The van der Waals surface area contributed by atoms with Crippen molar-refractivity contribution in [3.63, 3.8) is 0 Å². The molecule has 130 valence electrons. The Morgan fingerprint density at radius 1 is 1.15 bits per heavy atom. The summed E-state index contributed by atoms with van der Waals surface area (Å²) in [7, 11) is 1.34. The number of carbonyl (C=O) groups excluding carboxylic acids is 1. The minimum atomic E-state index is -0.388. The first-order valence-electron chi connectivity index (χ1n) is 7.86. The summed E-state index contributed by atoms with van der Waals surface area (Å²) in [5, 5.41) is 9.20. The topological polar surface area (TPSA) is 88.7 Å². The molecule has 0 unspecified atom stereocenters. The van der Waals surface area contributed by atoms with Crippen molar-refractivity contribution in [2.24, 2.45) is 4.99 Å². The zero-order chi connectivity index (χ0) is 18.7. The lowest BCUT2D eigenvalue weighted by Gasteiger charge is -2.00. The average molecular weight is 348 g/mol. The summed E-state index contributed by atoms with van der Waals surface area (Å²) < 4.78 is 15.9. The van der Waals surface area contributed by atoms with Crippen LogP contribution >= 0.6 is 0 Å². The average Bonchev–Trinajstić information content (AvgIpc) is 3.24. The number of methoxy groups -OCH3 is 1. The van der Waals surface area contributed by atoms with Crippen molar-refractivity contribution in [3.05, 3.63) is 64.6 Å². The van der Waals surface area contributed by atoms with Crippen LogP contribution in [0.5, 0.6) is 0 Å². The van der Waals surface area contributed by atoms with Crippen molar-refractivity contribution >= 4 is 18.1 Å². The van der Waals surface area contributed by atoms with Crippen LogP contribution in [0, 0.1) is 25.2 Å². The van der Waals surface area contributed by atoms with E-state index in [0.717, 1.165) is 11.1 Å². The second kappa shape index (κ2) is 7.11. The first-order chi connectivity index (χ1) is 12.5. The summed E-state index contributed by atoms with van der Waals surface area (Å²) >= 11 is 0. The van der Waals surface area contributed by atoms with Crippen molar-refractivity contribution < 1.29 is 18.4 Å². The molecule has 0 bridgehead atoms. The van der Waals surface area contributed by atoms with Crippen LogP contribution in [0.4, 0.5) is 5.88 Å². The number of ether oxygens (including phenoxy) is 1. The molecule has 0 N–H and O–H groups in total. The highest BCUT2D eigenvalue weighted by molar-refractivity contribution is 5.90. The number of nitriles is 1. The number of hydrogen-bond acceptors (Lipinski definition) is 6. The third-order valence-electron chi connectivity index (χ3n) is 4.00. The van der Waals surface area contributed by atoms with Crippen LogP contribution in [0.1, 0.15) is 33.0 Å². The van der Waals surface area contributed by atoms with Gasteiger partial charge in [0.25, 0.3) is 0 Å². The molecule has 0 aliphatic rings. The molecule has 3 rings (SSSR count). The van der Waals surface area contributed by atoms with E-state index in [0.29, 0.717) is 28.4 Å². The summed E-state index contributed by atoms with van der Waals surface area (Å²) in [4.78, 5) is 15.7. The van der Waals surface area contributed by atoms with Gasteiger partial charge >= 0.3 is 5.97 Å². The lowest BCUT2D eigenvalue weighted by molar-refractivity contribution is 0.0600. The van der Waals surface area contributed by atoms with E-state index < -0.39 is 0 Å². The van der Waals surface area contributed by atoms with Gasteiger partial charge in [0.05, 0.1) is 18.9 Å². The Morgan fingerprint density at radius 3 is 2.54 bits per heavy atom. The fraction of sp³-hybridized carbons (Fsp3) is 0.150. The van der Waals surface area contributed by atoms with Crippen molar-refractivity contribution in [1.82, 2.24) is 0 Å². The molecule has 6 heteroatoms. The minimum absolute atomic E-state index is 0.267. The molecular formula is C20H16N2O4. The molecule has 0 spiro atoms. The maximum Gasteiger partial charge on any atom is 0.337 e. The number of aryl methyl sites for hydroxylation is 1. The third-order valence-corrected chi connectivity index (χ3v) is 4.00. The maximum atomic E-state index is 11.5. The molecule has 2 aromatic heterocycles. The van der Waals surface area contributed by atoms with E-state index in [9.17, 15) is 10.1 Å². The molecule has 2 heterocycles. The molecule has 0 atom stereocenters. The molecule has 0 fully saturated rings. The van der Waals surface area contributed by atoms with Crippen molar-refractivity contribution in [2.45, 2.75) is 13.8 Å². The molecule has 0 saturated carbocycles. The molecule has 0 amide bonds. The van der Waals surface area contributed by atoms with Crippen LogP contribution in [0.2, 0.25) is 0 Å². The van der Waals surface area contributed by atoms with Gasteiger partial charge < -0.3 is 13.6 Å². The normalized spacial score (nSPS) is 10.8. The number of benzene rings is 1. The van der Waals surface area contributed by atoms with Gasteiger partial charge in [0, 0.05) is 11.1 Å². The quantitative estimate of drug-likeness (QED) is 0.509. The van der Waals surface area contributed by atoms with Crippen LogP contribution in [0.25, 0.3) is 11.3 Å². The highest BCUT2D eigenvalue weighted by Crippen LogP contribution is 2.28. The van der Waals surface area contributed by atoms with Crippen molar-refractivity contribution in [1.29, 1.82) is 5.26 Å². The Bertz CT molecular complexity index is 1020. The lowest BCUT2D eigenvalue weighted by Crippen LogP contribution is -2.00. The van der Waals surface area contributed by atoms with Gasteiger partial charge in [-0.15, -0.1) is 0 Å². The van der Waals surface area contributed by atoms with Crippen molar-refractivity contribution in [3.8, 4) is 17.4 Å². The summed E-state index contributed by atoms with van der Waals surface area (Å²) in [6.45, 7) is 3.61. The predicted octanol–water partition coefficient (Wildman–Crippen LogP) is 4.57.